The summed E-state index contributed by atoms with van der Waals surface area (Å²) in [5, 5.41) is 0. The van der Waals surface area contributed by atoms with Crippen molar-refractivity contribution in [2.45, 2.75) is 26.2 Å². The Bertz CT molecular complexity index is 742. The molecule has 0 radical (unpaired) electrons. The molecular weight excluding hydrogens is 332 g/mol. The van der Waals surface area contributed by atoms with Gasteiger partial charge in [-0.25, -0.2) is 0 Å². The molecule has 0 unspecified atom stereocenters. The zero-order chi connectivity index (χ0) is 18.8. The summed E-state index contributed by atoms with van der Waals surface area (Å²) in [5.74, 6) is -0.453. The average molecular weight is 354 g/mol. The predicted molar refractivity (Wildman–Crippen MR) is 97.6 cm³/mol. The lowest BCUT2D eigenvalue weighted by atomic mass is 10.1. The zero-order valence-corrected chi connectivity index (χ0v) is 14.7. The van der Waals surface area contributed by atoms with E-state index < -0.39 is 11.8 Å². The van der Waals surface area contributed by atoms with Gasteiger partial charge in [-0.15, -0.1) is 0 Å². The van der Waals surface area contributed by atoms with Crippen LogP contribution < -0.4 is 15.6 Å². The smallest absolute Gasteiger partial charge is 0.276 e. The molecule has 2 aromatic rings. The molecular formula is C20H22N2O4. The van der Waals surface area contributed by atoms with E-state index in [1.165, 1.54) is 5.56 Å². The predicted octanol–water partition coefficient (Wildman–Crippen LogP) is 2.44. The lowest BCUT2D eigenvalue weighted by Gasteiger charge is -2.09. The minimum atomic E-state index is -0.479. The van der Waals surface area contributed by atoms with Crippen LogP contribution in [0.4, 0.5) is 0 Å². The Morgan fingerprint density at radius 3 is 2.15 bits per heavy atom. The van der Waals surface area contributed by atoms with Gasteiger partial charge in [0.2, 0.25) is 5.91 Å². The van der Waals surface area contributed by atoms with E-state index >= 15 is 0 Å². The van der Waals surface area contributed by atoms with E-state index in [9.17, 15) is 14.4 Å². The molecule has 0 bridgehead atoms. The van der Waals surface area contributed by atoms with Crippen molar-refractivity contribution < 1.29 is 19.1 Å². The first-order valence-electron chi connectivity index (χ1n) is 8.46. The van der Waals surface area contributed by atoms with Crippen LogP contribution in [0.5, 0.6) is 5.75 Å². The second kappa shape index (κ2) is 9.98. The van der Waals surface area contributed by atoms with Crippen molar-refractivity contribution in [3.63, 3.8) is 0 Å². The number of ketones is 1. The van der Waals surface area contributed by atoms with Crippen LogP contribution in [0.15, 0.2) is 54.6 Å². The summed E-state index contributed by atoms with van der Waals surface area (Å²) in [6, 6.07) is 16.2. The van der Waals surface area contributed by atoms with E-state index in [0.29, 0.717) is 11.3 Å². The third-order valence-electron chi connectivity index (χ3n) is 3.72. The monoisotopic (exact) mass is 354 g/mol. The number of hydrogen-bond donors (Lipinski definition) is 2. The Balaban J connectivity index is 1.65. The standard InChI is InChI=1S/C20H22N2O4/c1-2-15-8-10-17(11-9-15)26-14-20(25)22-21-19(24)13-12-18(23)16-6-4-3-5-7-16/h3-11H,2,12-14H2,1H3,(H,21,24)(H,22,25). The van der Waals surface area contributed by atoms with Crippen molar-refractivity contribution in [1.82, 2.24) is 10.9 Å². The highest BCUT2D eigenvalue weighted by molar-refractivity contribution is 5.98. The molecule has 6 heteroatoms. The molecule has 2 N–H and O–H groups in total. The quantitative estimate of drug-likeness (QED) is 0.563. The summed E-state index contributed by atoms with van der Waals surface area (Å²) in [4.78, 5) is 35.3. The molecule has 6 nitrogen and oxygen atoms in total. The molecule has 0 aliphatic rings. The first-order chi connectivity index (χ1) is 12.6. The number of benzene rings is 2. The molecule has 26 heavy (non-hydrogen) atoms. The number of Topliss-reactive ketones (excluding diaryl/α,β-unsaturated/α-hetero) is 1. The molecule has 2 amide bonds. The summed E-state index contributed by atoms with van der Waals surface area (Å²) in [7, 11) is 0. The highest BCUT2D eigenvalue weighted by atomic mass is 16.5. The van der Waals surface area contributed by atoms with Gasteiger partial charge in [-0.3, -0.25) is 25.2 Å². The van der Waals surface area contributed by atoms with Gasteiger partial charge in [0.15, 0.2) is 12.4 Å². The molecule has 0 saturated carbocycles. The number of carbonyl (C=O) groups excluding carboxylic acids is 3. The van der Waals surface area contributed by atoms with Crippen LogP contribution in [0.1, 0.15) is 35.7 Å². The topological polar surface area (TPSA) is 84.5 Å². The SMILES string of the molecule is CCc1ccc(OCC(=O)NNC(=O)CCC(=O)c2ccccc2)cc1. The number of amides is 2. The molecule has 136 valence electrons. The van der Waals surface area contributed by atoms with Crippen molar-refractivity contribution in [3.8, 4) is 5.75 Å². The number of carbonyl (C=O) groups is 3. The Morgan fingerprint density at radius 2 is 1.50 bits per heavy atom. The van der Waals surface area contributed by atoms with Crippen LogP contribution in [0.2, 0.25) is 0 Å². The zero-order valence-electron chi connectivity index (χ0n) is 14.7. The molecule has 0 spiro atoms. The molecule has 0 aliphatic carbocycles. The second-order valence-electron chi connectivity index (χ2n) is 5.67. The normalized spacial score (nSPS) is 10.0. The highest BCUT2D eigenvalue weighted by Gasteiger charge is 2.10. The Morgan fingerprint density at radius 1 is 0.846 bits per heavy atom. The highest BCUT2D eigenvalue weighted by Crippen LogP contribution is 2.12. The molecule has 0 aliphatic heterocycles. The van der Waals surface area contributed by atoms with Crippen LogP contribution >= 0.6 is 0 Å². The third kappa shape index (κ3) is 6.39. The van der Waals surface area contributed by atoms with Gasteiger partial charge in [-0.2, -0.15) is 0 Å². The van der Waals surface area contributed by atoms with Gasteiger partial charge in [0, 0.05) is 18.4 Å². The maximum Gasteiger partial charge on any atom is 0.276 e. The average Bonchev–Trinajstić information content (AvgIpc) is 2.69. The minimum absolute atomic E-state index is 0.00660. The van der Waals surface area contributed by atoms with Gasteiger partial charge < -0.3 is 4.74 Å². The Hall–Kier alpha value is -3.15. The van der Waals surface area contributed by atoms with Crippen molar-refractivity contribution in [2.75, 3.05) is 6.61 Å². The van der Waals surface area contributed by atoms with E-state index in [0.717, 1.165) is 6.42 Å². The van der Waals surface area contributed by atoms with Gasteiger partial charge in [-0.1, -0.05) is 49.4 Å². The van der Waals surface area contributed by atoms with E-state index in [4.69, 9.17) is 4.74 Å². The maximum atomic E-state index is 11.9. The van der Waals surface area contributed by atoms with Crippen LogP contribution in [-0.4, -0.2) is 24.2 Å². The van der Waals surface area contributed by atoms with E-state index in [-0.39, 0.29) is 25.2 Å². The van der Waals surface area contributed by atoms with Crippen molar-refractivity contribution >= 4 is 17.6 Å². The second-order valence-corrected chi connectivity index (χ2v) is 5.67. The number of aryl methyl sites for hydroxylation is 1. The minimum Gasteiger partial charge on any atom is -0.484 e. The maximum absolute atomic E-state index is 11.9. The van der Waals surface area contributed by atoms with Gasteiger partial charge in [-0.05, 0) is 24.1 Å². The van der Waals surface area contributed by atoms with Gasteiger partial charge in [0.1, 0.15) is 5.75 Å². The number of nitrogens with one attached hydrogen (secondary N) is 2. The summed E-state index contributed by atoms with van der Waals surface area (Å²) >= 11 is 0. The number of rotatable bonds is 8. The van der Waals surface area contributed by atoms with Crippen molar-refractivity contribution in [1.29, 1.82) is 0 Å². The fraction of sp³-hybridized carbons (Fsp3) is 0.250. The molecule has 2 aromatic carbocycles. The fourth-order valence-corrected chi connectivity index (χ4v) is 2.20. The fourth-order valence-electron chi connectivity index (χ4n) is 2.20. The molecule has 0 atom stereocenters. The number of hydrogen-bond acceptors (Lipinski definition) is 4. The van der Waals surface area contributed by atoms with Crippen LogP contribution in [-0.2, 0) is 16.0 Å². The number of hydrazine groups is 1. The Kier molecular flexibility index (Phi) is 7.36. The summed E-state index contributed by atoms with van der Waals surface area (Å²) in [5.41, 5.74) is 6.28. The largest absolute Gasteiger partial charge is 0.484 e. The van der Waals surface area contributed by atoms with E-state index in [1.807, 2.05) is 18.2 Å². The van der Waals surface area contributed by atoms with Gasteiger partial charge >= 0.3 is 0 Å². The van der Waals surface area contributed by atoms with Gasteiger partial charge in [0.05, 0.1) is 0 Å². The third-order valence-corrected chi connectivity index (χ3v) is 3.72. The lowest BCUT2D eigenvalue weighted by molar-refractivity contribution is -0.130. The molecule has 0 fully saturated rings. The van der Waals surface area contributed by atoms with Crippen molar-refractivity contribution in [2.24, 2.45) is 0 Å². The number of ether oxygens (including phenoxy) is 1. The summed E-state index contributed by atoms with van der Waals surface area (Å²) in [6.45, 7) is 1.84. The summed E-state index contributed by atoms with van der Waals surface area (Å²) in [6.07, 6.45) is 0.999. The summed E-state index contributed by atoms with van der Waals surface area (Å²) < 4.78 is 5.34. The first kappa shape index (κ1) is 19.2. The van der Waals surface area contributed by atoms with Crippen LogP contribution in [0.3, 0.4) is 0 Å². The molecule has 0 heterocycles. The first-order valence-corrected chi connectivity index (χ1v) is 8.46. The lowest BCUT2D eigenvalue weighted by Crippen LogP contribution is -2.43. The van der Waals surface area contributed by atoms with E-state index in [1.54, 1.807) is 36.4 Å². The van der Waals surface area contributed by atoms with Crippen molar-refractivity contribution in [3.05, 3.63) is 65.7 Å². The molecule has 0 aromatic heterocycles. The molecule has 0 saturated heterocycles. The van der Waals surface area contributed by atoms with Crippen LogP contribution in [0.25, 0.3) is 0 Å². The van der Waals surface area contributed by atoms with Gasteiger partial charge in [0.25, 0.3) is 5.91 Å². The Labute approximate surface area is 152 Å². The van der Waals surface area contributed by atoms with Crippen LogP contribution in [0, 0.1) is 0 Å². The van der Waals surface area contributed by atoms with E-state index in [2.05, 4.69) is 17.8 Å². The molecule has 2 rings (SSSR count).